The number of hydrazine groups is 1. The first-order valence-electron chi connectivity index (χ1n) is 4.48. The first kappa shape index (κ1) is 9.14. The zero-order chi connectivity index (χ0) is 10.1. The SMILES string of the molecule is Cc1nc(NN)c(F)c(N2CCC2)n1. The summed E-state index contributed by atoms with van der Waals surface area (Å²) in [6, 6.07) is 0. The molecule has 0 aliphatic carbocycles. The van der Waals surface area contributed by atoms with Crippen LogP contribution in [-0.2, 0) is 0 Å². The van der Waals surface area contributed by atoms with E-state index >= 15 is 0 Å². The van der Waals surface area contributed by atoms with Gasteiger partial charge in [0.15, 0.2) is 11.6 Å². The maximum Gasteiger partial charge on any atom is 0.209 e. The predicted octanol–water partition coefficient (Wildman–Crippen LogP) is 0.420. The molecule has 2 heterocycles. The zero-order valence-corrected chi connectivity index (χ0v) is 7.92. The van der Waals surface area contributed by atoms with Crippen molar-refractivity contribution in [1.82, 2.24) is 9.97 Å². The van der Waals surface area contributed by atoms with E-state index in [0.29, 0.717) is 11.6 Å². The van der Waals surface area contributed by atoms with Crippen molar-refractivity contribution in [3.8, 4) is 0 Å². The molecule has 6 heteroatoms. The fraction of sp³-hybridized carbons (Fsp3) is 0.500. The van der Waals surface area contributed by atoms with Crippen LogP contribution in [0.3, 0.4) is 0 Å². The minimum Gasteiger partial charge on any atom is -0.354 e. The van der Waals surface area contributed by atoms with E-state index in [1.165, 1.54) is 0 Å². The number of nitrogens with zero attached hydrogens (tertiary/aromatic N) is 3. The third-order valence-corrected chi connectivity index (χ3v) is 2.24. The largest absolute Gasteiger partial charge is 0.354 e. The molecule has 1 aromatic heterocycles. The number of nitrogen functional groups attached to an aromatic ring is 1. The minimum atomic E-state index is -0.474. The van der Waals surface area contributed by atoms with Gasteiger partial charge in [0.25, 0.3) is 0 Å². The molecule has 0 aromatic carbocycles. The van der Waals surface area contributed by atoms with Gasteiger partial charge < -0.3 is 10.3 Å². The predicted molar refractivity (Wildman–Crippen MR) is 51.4 cm³/mol. The summed E-state index contributed by atoms with van der Waals surface area (Å²) in [7, 11) is 0. The molecular weight excluding hydrogens is 185 g/mol. The molecule has 1 aliphatic rings. The molecule has 0 spiro atoms. The van der Waals surface area contributed by atoms with Crippen LogP contribution < -0.4 is 16.2 Å². The van der Waals surface area contributed by atoms with Gasteiger partial charge in [-0.05, 0) is 13.3 Å². The second-order valence-electron chi connectivity index (χ2n) is 3.24. The van der Waals surface area contributed by atoms with E-state index in [1.807, 2.05) is 4.90 Å². The Kier molecular flexibility index (Phi) is 2.20. The number of aryl methyl sites for hydroxylation is 1. The van der Waals surface area contributed by atoms with Crippen molar-refractivity contribution in [2.45, 2.75) is 13.3 Å². The number of nitrogens with one attached hydrogen (secondary N) is 1. The number of hydrogen-bond acceptors (Lipinski definition) is 5. The second kappa shape index (κ2) is 3.38. The molecule has 0 radical (unpaired) electrons. The van der Waals surface area contributed by atoms with Gasteiger partial charge in [0.1, 0.15) is 5.82 Å². The van der Waals surface area contributed by atoms with E-state index in [1.54, 1.807) is 6.92 Å². The fourth-order valence-corrected chi connectivity index (χ4v) is 1.38. The summed E-state index contributed by atoms with van der Waals surface area (Å²) in [5.74, 6) is 5.59. The number of hydrogen-bond donors (Lipinski definition) is 2. The van der Waals surface area contributed by atoms with Crippen LogP contribution >= 0.6 is 0 Å². The number of anilines is 2. The molecule has 2 rings (SSSR count). The highest BCUT2D eigenvalue weighted by molar-refractivity contribution is 5.52. The quantitative estimate of drug-likeness (QED) is 0.531. The van der Waals surface area contributed by atoms with Gasteiger partial charge in [-0.15, -0.1) is 0 Å². The molecule has 0 amide bonds. The number of halogens is 1. The van der Waals surface area contributed by atoms with E-state index < -0.39 is 5.82 Å². The van der Waals surface area contributed by atoms with Crippen molar-refractivity contribution < 1.29 is 4.39 Å². The molecule has 5 nitrogen and oxygen atoms in total. The van der Waals surface area contributed by atoms with Gasteiger partial charge in [-0.25, -0.2) is 15.8 Å². The van der Waals surface area contributed by atoms with E-state index in [-0.39, 0.29) is 5.82 Å². The van der Waals surface area contributed by atoms with Crippen molar-refractivity contribution in [2.24, 2.45) is 5.84 Å². The lowest BCUT2D eigenvalue weighted by Gasteiger charge is -2.32. The Bertz CT molecular complexity index is 350. The molecule has 1 aliphatic heterocycles. The average molecular weight is 197 g/mol. The Labute approximate surface area is 81.1 Å². The van der Waals surface area contributed by atoms with E-state index in [0.717, 1.165) is 19.5 Å². The van der Waals surface area contributed by atoms with Crippen LogP contribution in [-0.4, -0.2) is 23.1 Å². The van der Waals surface area contributed by atoms with Crippen LogP contribution in [0.15, 0.2) is 0 Å². The summed E-state index contributed by atoms with van der Waals surface area (Å²) >= 11 is 0. The third-order valence-electron chi connectivity index (χ3n) is 2.24. The van der Waals surface area contributed by atoms with Gasteiger partial charge in [-0.3, -0.25) is 0 Å². The van der Waals surface area contributed by atoms with Crippen molar-refractivity contribution >= 4 is 11.6 Å². The molecule has 1 fully saturated rings. The van der Waals surface area contributed by atoms with Crippen molar-refractivity contribution in [3.05, 3.63) is 11.6 Å². The Hall–Kier alpha value is -1.43. The Morgan fingerprint density at radius 1 is 1.43 bits per heavy atom. The summed E-state index contributed by atoms with van der Waals surface area (Å²) in [5, 5.41) is 0. The van der Waals surface area contributed by atoms with Crippen molar-refractivity contribution in [2.75, 3.05) is 23.4 Å². The normalized spacial score (nSPS) is 15.2. The lowest BCUT2D eigenvalue weighted by molar-refractivity contribution is 0.558. The van der Waals surface area contributed by atoms with Gasteiger partial charge in [0.05, 0.1) is 0 Å². The summed E-state index contributed by atoms with van der Waals surface area (Å²) in [6.07, 6.45) is 1.08. The maximum absolute atomic E-state index is 13.6. The minimum absolute atomic E-state index is 0.0550. The summed E-state index contributed by atoms with van der Waals surface area (Å²) in [4.78, 5) is 9.76. The maximum atomic E-state index is 13.6. The van der Waals surface area contributed by atoms with Crippen LogP contribution in [0.1, 0.15) is 12.2 Å². The highest BCUT2D eigenvalue weighted by Gasteiger charge is 2.22. The smallest absolute Gasteiger partial charge is 0.209 e. The molecule has 1 aromatic rings. The van der Waals surface area contributed by atoms with Crippen LogP contribution in [0.4, 0.5) is 16.0 Å². The number of aromatic nitrogens is 2. The standard InChI is InChI=1S/C8H12FN5/c1-5-11-7(13-10)6(9)8(12-5)14-3-2-4-14/h2-4,10H2,1H3,(H,11,12,13). The summed E-state index contributed by atoms with van der Waals surface area (Å²) in [6.45, 7) is 3.40. The van der Waals surface area contributed by atoms with Crippen molar-refractivity contribution in [3.63, 3.8) is 0 Å². The summed E-state index contributed by atoms with van der Waals surface area (Å²) < 4.78 is 13.6. The molecule has 0 saturated carbocycles. The Balaban J connectivity index is 2.41. The van der Waals surface area contributed by atoms with E-state index in [2.05, 4.69) is 15.4 Å². The van der Waals surface area contributed by atoms with Gasteiger partial charge in [-0.1, -0.05) is 0 Å². The highest BCUT2D eigenvalue weighted by atomic mass is 19.1. The Morgan fingerprint density at radius 2 is 2.14 bits per heavy atom. The monoisotopic (exact) mass is 197 g/mol. The molecule has 0 atom stereocenters. The van der Waals surface area contributed by atoms with E-state index in [4.69, 9.17) is 5.84 Å². The molecule has 14 heavy (non-hydrogen) atoms. The lowest BCUT2D eigenvalue weighted by atomic mass is 10.2. The van der Waals surface area contributed by atoms with E-state index in [9.17, 15) is 4.39 Å². The van der Waals surface area contributed by atoms with Crippen LogP contribution in [0, 0.1) is 12.7 Å². The van der Waals surface area contributed by atoms with Crippen LogP contribution in [0.2, 0.25) is 0 Å². The molecule has 0 bridgehead atoms. The lowest BCUT2D eigenvalue weighted by Crippen LogP contribution is -2.38. The van der Waals surface area contributed by atoms with Gasteiger partial charge in [0, 0.05) is 13.1 Å². The summed E-state index contributed by atoms with van der Waals surface area (Å²) in [5.41, 5.74) is 2.23. The van der Waals surface area contributed by atoms with Gasteiger partial charge in [0.2, 0.25) is 5.82 Å². The number of rotatable bonds is 2. The molecule has 1 saturated heterocycles. The zero-order valence-electron chi connectivity index (χ0n) is 7.92. The first-order chi connectivity index (χ1) is 6.72. The van der Waals surface area contributed by atoms with Crippen molar-refractivity contribution in [1.29, 1.82) is 0 Å². The highest BCUT2D eigenvalue weighted by Crippen LogP contribution is 2.25. The third kappa shape index (κ3) is 1.37. The molecule has 0 unspecified atom stereocenters. The van der Waals surface area contributed by atoms with Crippen LogP contribution in [0.25, 0.3) is 0 Å². The molecule has 76 valence electrons. The molecular formula is C8H12FN5. The average Bonchev–Trinajstić information content (AvgIpc) is 2.07. The Morgan fingerprint density at radius 3 is 2.64 bits per heavy atom. The topological polar surface area (TPSA) is 67.1 Å². The molecule has 3 N–H and O–H groups in total. The van der Waals surface area contributed by atoms with Gasteiger partial charge in [-0.2, -0.15) is 4.39 Å². The first-order valence-corrected chi connectivity index (χ1v) is 4.48. The second-order valence-corrected chi connectivity index (χ2v) is 3.24. The number of nitrogens with two attached hydrogens (primary N) is 1. The fourth-order valence-electron chi connectivity index (χ4n) is 1.38. The van der Waals surface area contributed by atoms with Crippen LogP contribution in [0.5, 0.6) is 0 Å². The van der Waals surface area contributed by atoms with Gasteiger partial charge >= 0.3 is 0 Å².